The molecule has 4 fully saturated rings. The lowest BCUT2D eigenvalue weighted by Gasteiger charge is -2.50. The molecule has 0 aromatic rings. The van der Waals surface area contributed by atoms with Crippen molar-refractivity contribution in [2.45, 2.75) is 175 Å². The van der Waals surface area contributed by atoms with Crippen LogP contribution in [0, 0.1) is 0 Å². The molecule has 17 N–H and O–H groups in total. The van der Waals surface area contributed by atoms with Crippen molar-refractivity contribution in [3.05, 3.63) is 0 Å². The molecule has 28 nitrogen and oxygen atoms in total. The van der Waals surface area contributed by atoms with Crippen LogP contribution in [0.4, 0.5) is 0 Å². The average Bonchev–Trinajstić information content (AvgIpc) is 3.25. The van der Waals surface area contributed by atoms with Crippen LogP contribution in [0.2, 0.25) is 0 Å². The van der Waals surface area contributed by atoms with Crippen molar-refractivity contribution in [3.63, 3.8) is 0 Å². The molecule has 28 heteroatoms. The normalized spacial score (nSPS) is 42.5. The summed E-state index contributed by atoms with van der Waals surface area (Å²) < 4.78 is 46.9. The van der Waals surface area contributed by atoms with E-state index in [0.717, 1.165) is 20.8 Å². The maximum Gasteiger partial charge on any atom is 0.217 e. The van der Waals surface area contributed by atoms with Crippen molar-refractivity contribution in [3.8, 4) is 0 Å². The number of aliphatic hydroxyl groups is 14. The molecule has 0 aromatic carbocycles. The first kappa shape index (κ1) is 54.1. The highest BCUT2D eigenvalue weighted by Gasteiger charge is 2.56. The third kappa shape index (κ3) is 12.7. The predicted molar refractivity (Wildman–Crippen MR) is 202 cm³/mol. The van der Waals surface area contributed by atoms with Gasteiger partial charge in [-0.05, 0) is 6.92 Å². The van der Waals surface area contributed by atoms with Gasteiger partial charge in [0.15, 0.2) is 25.2 Å². The van der Waals surface area contributed by atoms with Crippen LogP contribution in [0.1, 0.15) is 27.7 Å². The van der Waals surface area contributed by atoms with Gasteiger partial charge in [0.2, 0.25) is 17.7 Å². The fraction of sp³-hybridized carbons (Fsp3) is 0.917. The van der Waals surface area contributed by atoms with Crippen LogP contribution in [0.15, 0.2) is 0 Å². The lowest BCUT2D eigenvalue weighted by atomic mass is 9.95. The van der Waals surface area contributed by atoms with E-state index in [2.05, 4.69) is 16.0 Å². The van der Waals surface area contributed by atoms with E-state index < -0.39 is 198 Å². The van der Waals surface area contributed by atoms with Gasteiger partial charge in [-0.3, -0.25) is 14.4 Å². The molecule has 0 spiro atoms. The Balaban J connectivity index is 1.72. The topological polar surface area (TPSA) is 444 Å². The minimum Gasteiger partial charge on any atom is -0.394 e. The second kappa shape index (κ2) is 24.0. The van der Waals surface area contributed by atoms with Crippen LogP contribution >= 0.6 is 0 Å². The van der Waals surface area contributed by atoms with Crippen molar-refractivity contribution in [1.29, 1.82) is 0 Å². The molecule has 3 amide bonds. The second-order valence-electron chi connectivity index (χ2n) is 15.9. The molecule has 0 bridgehead atoms. The Labute approximate surface area is 365 Å². The van der Waals surface area contributed by atoms with Crippen molar-refractivity contribution in [2.75, 3.05) is 33.0 Å². The van der Waals surface area contributed by atoms with Gasteiger partial charge < -0.3 is 125 Å². The fourth-order valence-corrected chi connectivity index (χ4v) is 7.65. The van der Waals surface area contributed by atoms with Gasteiger partial charge in [0.25, 0.3) is 0 Å². The van der Waals surface area contributed by atoms with Crippen LogP contribution in [-0.4, -0.2) is 269 Å². The summed E-state index contributed by atoms with van der Waals surface area (Å²) in [7, 11) is 0. The van der Waals surface area contributed by atoms with Crippen LogP contribution < -0.4 is 16.0 Å². The van der Waals surface area contributed by atoms with E-state index in [1.807, 2.05) is 0 Å². The maximum absolute atomic E-state index is 12.2. The van der Waals surface area contributed by atoms with Gasteiger partial charge in [-0.25, -0.2) is 0 Å². The third-order valence-electron chi connectivity index (χ3n) is 11.1. The minimum absolute atomic E-state index is 0.741. The number of nitrogens with one attached hydrogen (secondary N) is 3. The van der Waals surface area contributed by atoms with Crippen LogP contribution in [0.5, 0.6) is 0 Å². The highest BCUT2D eigenvalue weighted by Crippen LogP contribution is 2.35. The molecule has 4 aliphatic rings. The van der Waals surface area contributed by atoms with Gasteiger partial charge in [0.1, 0.15) is 110 Å². The highest BCUT2D eigenvalue weighted by atomic mass is 16.8. The van der Waals surface area contributed by atoms with Crippen molar-refractivity contribution < 1.29 is 124 Å². The molecule has 64 heavy (non-hydrogen) atoms. The maximum atomic E-state index is 12.2. The molecule has 0 aromatic heterocycles. The summed E-state index contributed by atoms with van der Waals surface area (Å²) in [6, 6.07) is -4.80. The standard InChI is InChI=1S/C36H63N3O25/c1-10-21(48)28(55)29(56)35(58-10)64-32-31(63-33-19(38-12(3)45)26(53)23(50)16(7-42)59-33)25(52)17(8-43)60-36(32)57-9-18-24(51)27(54)20(39-13(4)46)34(61-18)62-30(22(49)15(47)6-41)14(5-40)37-11(2)44/h10,14-36,40-43,47-56H,5-9H2,1-4H3,(H,37,44)(H,38,45)(H,39,46)/t10-,14-,15+,16+,17+,18+,19+,20+,21+,22-,23-,24+,25-,26+,27+,28+,29-,30+,31-,32+,33+,34-,35-,36+/m0/s1. The Morgan fingerprint density at radius 1 is 0.562 bits per heavy atom. The number of hydrogen-bond donors (Lipinski definition) is 17. The Bertz CT molecular complexity index is 1490. The summed E-state index contributed by atoms with van der Waals surface area (Å²) in [5.74, 6) is -2.29. The number of carbonyl (C=O) groups is 3. The molecule has 0 radical (unpaired) electrons. The highest BCUT2D eigenvalue weighted by molar-refractivity contribution is 5.74. The molecule has 4 saturated heterocycles. The van der Waals surface area contributed by atoms with E-state index in [9.17, 15) is 85.9 Å². The van der Waals surface area contributed by atoms with Crippen molar-refractivity contribution in [2.24, 2.45) is 0 Å². The summed E-state index contributed by atoms with van der Waals surface area (Å²) in [6.45, 7) is -0.266. The first-order chi connectivity index (χ1) is 30.1. The SMILES string of the molecule is CC(=O)N[C@H]1[C@@H](O[C@H]2[C@@H](O)[C@@H](CO)O[C@@H](OC[C@H]3O[C@@H](O[C@@H]([C@@H](O)[C@H](O)CO)[C@H](CO)NC(C)=O)[C@H](NC(C)=O)[C@@H](O)[C@@H]3O)[C@@H]2O[C@@H]2O[C@@H](C)[C@@H](O)[C@@H](O)[C@@H]2O)O[C@H](CO)[C@H](O)[C@@H]1O. The smallest absolute Gasteiger partial charge is 0.217 e. The molecular formula is C36H63N3O25. The number of ether oxygens (including phenoxy) is 8. The van der Waals surface area contributed by atoms with Crippen molar-refractivity contribution in [1.82, 2.24) is 16.0 Å². The molecule has 0 aliphatic carbocycles. The summed E-state index contributed by atoms with van der Waals surface area (Å²) >= 11 is 0. The molecule has 372 valence electrons. The van der Waals surface area contributed by atoms with Crippen LogP contribution in [0.25, 0.3) is 0 Å². The predicted octanol–water partition coefficient (Wildman–Crippen LogP) is -10.8. The van der Waals surface area contributed by atoms with E-state index in [4.69, 9.17) is 37.9 Å². The summed E-state index contributed by atoms with van der Waals surface area (Å²) in [6.07, 6.45) is -38.5. The Kier molecular flexibility index (Phi) is 20.3. The van der Waals surface area contributed by atoms with E-state index in [1.54, 1.807) is 0 Å². The summed E-state index contributed by atoms with van der Waals surface area (Å²) in [4.78, 5) is 36.4. The lowest BCUT2D eigenvalue weighted by Crippen LogP contribution is -2.69. The first-order valence-corrected chi connectivity index (χ1v) is 20.4. The number of amides is 3. The Morgan fingerprint density at radius 3 is 1.61 bits per heavy atom. The van der Waals surface area contributed by atoms with Crippen LogP contribution in [0.3, 0.4) is 0 Å². The Hall–Kier alpha value is -2.47. The zero-order valence-electron chi connectivity index (χ0n) is 35.1. The number of carbonyl (C=O) groups excluding carboxylic acids is 3. The molecule has 0 unspecified atom stereocenters. The fourth-order valence-electron chi connectivity index (χ4n) is 7.65. The van der Waals surface area contributed by atoms with Gasteiger partial charge >= 0.3 is 0 Å². The number of hydrogen-bond acceptors (Lipinski definition) is 25. The van der Waals surface area contributed by atoms with E-state index in [-0.39, 0.29) is 0 Å². The summed E-state index contributed by atoms with van der Waals surface area (Å²) in [5, 5.41) is 155. The lowest BCUT2D eigenvalue weighted by molar-refractivity contribution is -0.388. The largest absolute Gasteiger partial charge is 0.394 e. The average molecular weight is 938 g/mol. The monoisotopic (exact) mass is 937 g/mol. The molecule has 0 saturated carbocycles. The molecular weight excluding hydrogens is 874 g/mol. The quantitative estimate of drug-likeness (QED) is 0.0572. The molecule has 4 rings (SSSR count). The third-order valence-corrected chi connectivity index (χ3v) is 11.1. The zero-order valence-corrected chi connectivity index (χ0v) is 35.1. The van der Waals surface area contributed by atoms with Gasteiger partial charge in [-0.2, -0.15) is 0 Å². The summed E-state index contributed by atoms with van der Waals surface area (Å²) in [5.41, 5.74) is 0. The van der Waals surface area contributed by atoms with Gasteiger partial charge in [0, 0.05) is 20.8 Å². The van der Waals surface area contributed by atoms with Gasteiger partial charge in [0.05, 0.1) is 45.2 Å². The van der Waals surface area contributed by atoms with Crippen LogP contribution in [-0.2, 0) is 52.3 Å². The molecule has 4 aliphatic heterocycles. The van der Waals surface area contributed by atoms with Gasteiger partial charge in [-0.1, -0.05) is 0 Å². The minimum atomic E-state index is -2.07. The molecule has 24 atom stereocenters. The zero-order chi connectivity index (χ0) is 47.9. The van der Waals surface area contributed by atoms with E-state index in [1.165, 1.54) is 6.92 Å². The number of rotatable bonds is 19. The van der Waals surface area contributed by atoms with Gasteiger partial charge in [-0.15, -0.1) is 0 Å². The van der Waals surface area contributed by atoms with E-state index >= 15 is 0 Å². The van der Waals surface area contributed by atoms with Crippen molar-refractivity contribution >= 4 is 17.7 Å². The Morgan fingerprint density at radius 2 is 1.08 bits per heavy atom. The molecule has 4 heterocycles. The number of aliphatic hydroxyl groups excluding tert-OH is 14. The van der Waals surface area contributed by atoms with E-state index in [0.29, 0.717) is 0 Å². The first-order valence-electron chi connectivity index (χ1n) is 20.4. The second-order valence-corrected chi connectivity index (χ2v) is 15.9.